The Morgan fingerprint density at radius 2 is 1.77 bits per heavy atom. The van der Waals surface area contributed by atoms with Crippen LogP contribution in [0.1, 0.15) is 25.3 Å². The van der Waals surface area contributed by atoms with E-state index in [-0.39, 0.29) is 0 Å². The molecule has 1 aromatic heterocycles. The molecule has 0 amide bonds. The second-order valence-electron chi connectivity index (χ2n) is 5.03. The molecule has 0 aliphatic rings. The van der Waals surface area contributed by atoms with Gasteiger partial charge in [-0.3, -0.25) is 5.43 Å². The van der Waals surface area contributed by atoms with E-state index in [9.17, 15) is 0 Å². The van der Waals surface area contributed by atoms with Crippen LogP contribution in [0, 0.1) is 0 Å². The number of nitrogens with zero attached hydrogens (tertiary/aromatic N) is 3. The van der Waals surface area contributed by atoms with Crippen molar-refractivity contribution in [3.05, 3.63) is 66.5 Å². The van der Waals surface area contributed by atoms with Crippen LogP contribution >= 0.6 is 0 Å². The Kier molecular flexibility index (Phi) is 4.39. The van der Waals surface area contributed by atoms with Gasteiger partial charge in [0.2, 0.25) is 0 Å². The summed E-state index contributed by atoms with van der Waals surface area (Å²) in [4.78, 5) is 8.57. The molecule has 3 rings (SSSR count). The molecule has 0 aliphatic heterocycles. The minimum Gasteiger partial charge on any atom is -0.260 e. The molecule has 0 spiro atoms. The van der Waals surface area contributed by atoms with Crippen molar-refractivity contribution in [3.63, 3.8) is 0 Å². The first-order valence-electron chi connectivity index (χ1n) is 7.46. The number of hydrogen-bond donors (Lipinski definition) is 1. The number of para-hydroxylation sites is 1. The van der Waals surface area contributed by atoms with Gasteiger partial charge in [-0.05, 0) is 24.1 Å². The fourth-order valence-electron chi connectivity index (χ4n) is 2.35. The summed E-state index contributed by atoms with van der Waals surface area (Å²) in [6, 6.07) is 18.1. The van der Waals surface area contributed by atoms with Crippen LogP contribution in [0.2, 0.25) is 0 Å². The Morgan fingerprint density at radius 3 is 2.59 bits per heavy atom. The summed E-state index contributed by atoms with van der Waals surface area (Å²) in [5, 5.41) is 5.55. The SMILES string of the molecule is CCC/C(=N/Nc1ncnc2ccccc12)c1ccccc1. The zero-order chi connectivity index (χ0) is 15.2. The molecule has 0 unspecified atom stereocenters. The van der Waals surface area contributed by atoms with Gasteiger partial charge in [-0.2, -0.15) is 5.10 Å². The zero-order valence-corrected chi connectivity index (χ0v) is 12.5. The van der Waals surface area contributed by atoms with Crippen LogP contribution in [-0.4, -0.2) is 15.7 Å². The van der Waals surface area contributed by atoms with Crippen LogP contribution < -0.4 is 5.43 Å². The molecule has 0 saturated carbocycles. The van der Waals surface area contributed by atoms with Crippen LogP contribution in [0.4, 0.5) is 5.82 Å². The average molecular weight is 290 g/mol. The third-order valence-corrected chi connectivity index (χ3v) is 3.43. The lowest BCUT2D eigenvalue weighted by Crippen LogP contribution is -2.05. The first-order chi connectivity index (χ1) is 10.9. The lowest BCUT2D eigenvalue weighted by Gasteiger charge is -2.08. The number of rotatable bonds is 5. The molecule has 0 saturated heterocycles. The summed E-state index contributed by atoms with van der Waals surface area (Å²) < 4.78 is 0. The van der Waals surface area contributed by atoms with Gasteiger partial charge >= 0.3 is 0 Å². The molecule has 1 N–H and O–H groups in total. The minimum atomic E-state index is 0.732. The Morgan fingerprint density at radius 1 is 1.00 bits per heavy atom. The fraction of sp³-hybridized carbons (Fsp3) is 0.167. The molecule has 1 heterocycles. The number of fused-ring (bicyclic) bond motifs is 1. The standard InChI is InChI=1S/C18H18N4/c1-2-8-16(14-9-4-3-5-10-14)21-22-18-15-11-6-7-12-17(15)19-13-20-18/h3-7,9-13H,2,8H2,1H3,(H,19,20,22)/b21-16-. The first kappa shape index (κ1) is 14.2. The van der Waals surface area contributed by atoms with E-state index in [4.69, 9.17) is 0 Å². The molecule has 0 atom stereocenters. The van der Waals surface area contributed by atoms with Gasteiger partial charge in [-0.1, -0.05) is 55.8 Å². The highest BCUT2D eigenvalue weighted by Crippen LogP contribution is 2.18. The predicted octanol–water partition coefficient (Wildman–Crippen LogP) is 4.25. The van der Waals surface area contributed by atoms with Crippen LogP contribution in [0.3, 0.4) is 0 Å². The summed E-state index contributed by atoms with van der Waals surface area (Å²) in [6.07, 6.45) is 3.52. The van der Waals surface area contributed by atoms with Gasteiger partial charge in [-0.15, -0.1) is 0 Å². The molecule has 2 aromatic carbocycles. The van der Waals surface area contributed by atoms with E-state index >= 15 is 0 Å². The van der Waals surface area contributed by atoms with Crippen molar-refractivity contribution in [2.24, 2.45) is 5.10 Å². The Bertz CT molecular complexity index is 776. The molecule has 22 heavy (non-hydrogen) atoms. The van der Waals surface area contributed by atoms with Gasteiger partial charge in [-0.25, -0.2) is 9.97 Å². The smallest absolute Gasteiger partial charge is 0.157 e. The third-order valence-electron chi connectivity index (χ3n) is 3.43. The fourth-order valence-corrected chi connectivity index (χ4v) is 2.35. The zero-order valence-electron chi connectivity index (χ0n) is 12.5. The van der Waals surface area contributed by atoms with Crippen LogP contribution in [0.5, 0.6) is 0 Å². The van der Waals surface area contributed by atoms with Gasteiger partial charge in [0.15, 0.2) is 5.82 Å². The summed E-state index contributed by atoms with van der Waals surface area (Å²) in [5.41, 5.74) is 6.18. The van der Waals surface area contributed by atoms with E-state index in [0.717, 1.165) is 40.8 Å². The molecular formula is C18H18N4. The quantitative estimate of drug-likeness (QED) is 0.564. The summed E-state index contributed by atoms with van der Waals surface area (Å²) in [6.45, 7) is 2.15. The highest BCUT2D eigenvalue weighted by atomic mass is 15.3. The number of nitrogens with one attached hydrogen (secondary N) is 1. The average Bonchev–Trinajstić information content (AvgIpc) is 2.59. The highest BCUT2D eigenvalue weighted by Gasteiger charge is 2.04. The van der Waals surface area contributed by atoms with Gasteiger partial charge in [0, 0.05) is 5.39 Å². The first-order valence-corrected chi connectivity index (χ1v) is 7.46. The van der Waals surface area contributed by atoms with Crippen molar-refractivity contribution in [1.29, 1.82) is 0 Å². The minimum absolute atomic E-state index is 0.732. The maximum atomic E-state index is 4.58. The van der Waals surface area contributed by atoms with Crippen LogP contribution in [-0.2, 0) is 0 Å². The number of aromatic nitrogens is 2. The Hall–Kier alpha value is -2.75. The lowest BCUT2D eigenvalue weighted by molar-refractivity contribution is 0.986. The molecule has 0 bridgehead atoms. The van der Waals surface area contributed by atoms with Gasteiger partial charge in [0.05, 0.1) is 11.2 Å². The molecule has 4 nitrogen and oxygen atoms in total. The summed E-state index contributed by atoms with van der Waals surface area (Å²) in [7, 11) is 0. The second-order valence-corrected chi connectivity index (χ2v) is 5.03. The van der Waals surface area contributed by atoms with E-state index in [1.54, 1.807) is 6.33 Å². The molecule has 0 radical (unpaired) electrons. The maximum Gasteiger partial charge on any atom is 0.157 e. The van der Waals surface area contributed by atoms with E-state index in [1.165, 1.54) is 0 Å². The third kappa shape index (κ3) is 3.11. The normalized spacial score (nSPS) is 11.6. The van der Waals surface area contributed by atoms with Gasteiger partial charge < -0.3 is 0 Å². The van der Waals surface area contributed by atoms with Crippen molar-refractivity contribution >= 4 is 22.4 Å². The number of anilines is 1. The molecule has 0 fully saturated rings. The molecule has 3 aromatic rings. The Labute approximate surface area is 129 Å². The predicted molar refractivity (Wildman–Crippen MR) is 91.0 cm³/mol. The number of hydrogen-bond acceptors (Lipinski definition) is 4. The van der Waals surface area contributed by atoms with Crippen molar-refractivity contribution in [3.8, 4) is 0 Å². The maximum absolute atomic E-state index is 4.58. The highest BCUT2D eigenvalue weighted by molar-refractivity contribution is 6.01. The van der Waals surface area contributed by atoms with E-state index in [0.29, 0.717) is 0 Å². The molecule has 0 aliphatic carbocycles. The topological polar surface area (TPSA) is 50.2 Å². The van der Waals surface area contributed by atoms with E-state index in [2.05, 4.69) is 39.6 Å². The summed E-state index contributed by atoms with van der Waals surface area (Å²) in [5.74, 6) is 0.732. The van der Waals surface area contributed by atoms with Crippen molar-refractivity contribution < 1.29 is 0 Å². The van der Waals surface area contributed by atoms with Gasteiger partial charge in [0.1, 0.15) is 6.33 Å². The molecular weight excluding hydrogens is 272 g/mol. The van der Waals surface area contributed by atoms with Crippen LogP contribution in [0.25, 0.3) is 10.9 Å². The summed E-state index contributed by atoms with van der Waals surface area (Å²) >= 11 is 0. The van der Waals surface area contributed by atoms with Gasteiger partial charge in [0.25, 0.3) is 0 Å². The largest absolute Gasteiger partial charge is 0.260 e. The molecule has 110 valence electrons. The lowest BCUT2D eigenvalue weighted by atomic mass is 10.1. The van der Waals surface area contributed by atoms with E-state index in [1.807, 2.05) is 42.5 Å². The molecule has 4 heteroatoms. The van der Waals surface area contributed by atoms with Crippen LogP contribution in [0.15, 0.2) is 66.0 Å². The van der Waals surface area contributed by atoms with E-state index < -0.39 is 0 Å². The van der Waals surface area contributed by atoms with Crippen molar-refractivity contribution in [2.45, 2.75) is 19.8 Å². The number of benzene rings is 2. The number of hydrazone groups is 1. The monoisotopic (exact) mass is 290 g/mol. The van der Waals surface area contributed by atoms with Crippen molar-refractivity contribution in [2.75, 3.05) is 5.43 Å². The van der Waals surface area contributed by atoms with Crippen molar-refractivity contribution in [1.82, 2.24) is 9.97 Å². The second kappa shape index (κ2) is 6.80. The Balaban J connectivity index is 1.93.